The average molecular weight is 301 g/mol. The van der Waals surface area contributed by atoms with Gasteiger partial charge in [0.05, 0.1) is 11.6 Å². The molecular weight excluding hydrogens is 282 g/mol. The van der Waals surface area contributed by atoms with Crippen LogP contribution in [0.4, 0.5) is 0 Å². The van der Waals surface area contributed by atoms with Gasteiger partial charge in [0.25, 0.3) is 5.91 Å². The van der Waals surface area contributed by atoms with E-state index in [4.69, 9.17) is 13.9 Å². The van der Waals surface area contributed by atoms with Crippen molar-refractivity contribution in [2.75, 3.05) is 13.2 Å². The lowest BCUT2D eigenvalue weighted by atomic mass is 10.1. The minimum Gasteiger partial charge on any atom is -0.486 e. The lowest BCUT2D eigenvalue weighted by molar-refractivity contribution is 0.0928. The number of carbonyl (C=O) groups is 1. The molecule has 2 aromatic rings. The summed E-state index contributed by atoms with van der Waals surface area (Å²) in [6, 6.07) is 7.13. The van der Waals surface area contributed by atoms with E-state index in [1.807, 2.05) is 26.8 Å². The minimum absolute atomic E-state index is 0.148. The third-order valence-corrected chi connectivity index (χ3v) is 3.70. The van der Waals surface area contributed by atoms with Gasteiger partial charge in [-0.15, -0.1) is 0 Å². The summed E-state index contributed by atoms with van der Waals surface area (Å²) in [5.74, 6) is 2.59. The van der Waals surface area contributed by atoms with Gasteiger partial charge in [-0.3, -0.25) is 4.79 Å². The number of furan rings is 1. The monoisotopic (exact) mass is 301 g/mol. The van der Waals surface area contributed by atoms with E-state index in [0.29, 0.717) is 30.3 Å². The first kappa shape index (κ1) is 14.5. The van der Waals surface area contributed by atoms with Crippen LogP contribution >= 0.6 is 0 Å². The number of hydrogen-bond donors (Lipinski definition) is 1. The summed E-state index contributed by atoms with van der Waals surface area (Å²) in [4.78, 5) is 12.5. The Balaban J connectivity index is 1.82. The van der Waals surface area contributed by atoms with Gasteiger partial charge < -0.3 is 19.2 Å². The molecular formula is C17H19NO4. The van der Waals surface area contributed by atoms with Crippen molar-refractivity contribution < 1.29 is 18.7 Å². The smallest absolute Gasteiger partial charge is 0.255 e. The fraction of sp³-hybridized carbons (Fsp3) is 0.353. The maximum atomic E-state index is 12.5. The minimum atomic E-state index is -0.187. The molecule has 1 aliphatic rings. The van der Waals surface area contributed by atoms with E-state index in [2.05, 4.69) is 5.32 Å². The maximum Gasteiger partial charge on any atom is 0.255 e. The Labute approximate surface area is 129 Å². The zero-order chi connectivity index (χ0) is 15.7. The standard InChI is InChI=1S/C17H19NO4/c1-10-9-14(12(3)22-10)11(2)18-17(19)13-5-4-6-15-16(13)21-8-7-20-15/h4-6,9,11H,7-8H2,1-3H3,(H,18,19)/t11-/m1/s1. The van der Waals surface area contributed by atoms with Gasteiger partial charge in [0.2, 0.25) is 0 Å². The molecule has 1 aliphatic heterocycles. The molecule has 0 fully saturated rings. The van der Waals surface area contributed by atoms with Crippen molar-refractivity contribution in [1.29, 1.82) is 0 Å². The number of nitrogens with one attached hydrogen (secondary N) is 1. The average Bonchev–Trinajstić information content (AvgIpc) is 2.85. The van der Waals surface area contributed by atoms with Crippen molar-refractivity contribution in [2.45, 2.75) is 26.8 Å². The van der Waals surface area contributed by atoms with Gasteiger partial charge >= 0.3 is 0 Å². The lowest BCUT2D eigenvalue weighted by Gasteiger charge is -2.21. The van der Waals surface area contributed by atoms with Crippen LogP contribution in [0.3, 0.4) is 0 Å². The molecule has 0 unspecified atom stereocenters. The number of fused-ring (bicyclic) bond motifs is 1. The molecule has 0 aliphatic carbocycles. The van der Waals surface area contributed by atoms with Gasteiger partial charge in [0.1, 0.15) is 24.7 Å². The van der Waals surface area contributed by atoms with Crippen LogP contribution in [0.5, 0.6) is 11.5 Å². The molecule has 1 aromatic carbocycles. The molecule has 22 heavy (non-hydrogen) atoms. The molecule has 0 saturated carbocycles. The van der Waals surface area contributed by atoms with Crippen molar-refractivity contribution >= 4 is 5.91 Å². The van der Waals surface area contributed by atoms with E-state index in [9.17, 15) is 4.79 Å². The molecule has 0 radical (unpaired) electrons. The van der Waals surface area contributed by atoms with Crippen molar-refractivity contribution in [1.82, 2.24) is 5.32 Å². The van der Waals surface area contributed by atoms with Crippen LogP contribution in [-0.2, 0) is 0 Å². The van der Waals surface area contributed by atoms with Crippen LogP contribution in [0.2, 0.25) is 0 Å². The number of benzene rings is 1. The van der Waals surface area contributed by atoms with Crippen molar-refractivity contribution in [2.24, 2.45) is 0 Å². The van der Waals surface area contributed by atoms with Crippen molar-refractivity contribution in [3.05, 3.63) is 46.9 Å². The molecule has 1 amide bonds. The summed E-state index contributed by atoms with van der Waals surface area (Å²) in [6.07, 6.45) is 0. The highest BCUT2D eigenvalue weighted by atomic mass is 16.6. The van der Waals surface area contributed by atoms with Crippen LogP contribution in [0, 0.1) is 13.8 Å². The van der Waals surface area contributed by atoms with E-state index >= 15 is 0 Å². The number of rotatable bonds is 3. The van der Waals surface area contributed by atoms with Crippen LogP contribution in [0.15, 0.2) is 28.7 Å². The summed E-state index contributed by atoms with van der Waals surface area (Å²) in [7, 11) is 0. The Morgan fingerprint density at radius 1 is 1.23 bits per heavy atom. The molecule has 1 N–H and O–H groups in total. The molecule has 5 heteroatoms. The number of amides is 1. The Hall–Kier alpha value is -2.43. The van der Waals surface area contributed by atoms with Gasteiger partial charge in [-0.25, -0.2) is 0 Å². The summed E-state index contributed by atoms with van der Waals surface area (Å²) in [6.45, 7) is 6.67. The second kappa shape index (κ2) is 5.75. The third kappa shape index (κ3) is 2.66. The number of aryl methyl sites for hydroxylation is 2. The fourth-order valence-electron chi connectivity index (χ4n) is 2.69. The number of carbonyl (C=O) groups excluding carboxylic acids is 1. The quantitative estimate of drug-likeness (QED) is 0.946. The Bertz CT molecular complexity index is 705. The Morgan fingerprint density at radius 3 is 2.73 bits per heavy atom. The molecule has 0 saturated heterocycles. The van der Waals surface area contributed by atoms with Crippen LogP contribution in [-0.4, -0.2) is 19.1 Å². The predicted molar refractivity (Wildman–Crippen MR) is 81.5 cm³/mol. The molecule has 1 atom stereocenters. The first-order valence-electron chi connectivity index (χ1n) is 7.32. The fourth-order valence-corrected chi connectivity index (χ4v) is 2.69. The summed E-state index contributed by atoms with van der Waals surface area (Å²) >= 11 is 0. The van der Waals surface area contributed by atoms with Gasteiger partial charge in [0.15, 0.2) is 11.5 Å². The molecule has 0 spiro atoms. The molecule has 1 aromatic heterocycles. The largest absolute Gasteiger partial charge is 0.486 e. The molecule has 0 bridgehead atoms. The zero-order valence-electron chi connectivity index (χ0n) is 12.9. The predicted octanol–water partition coefficient (Wildman–Crippen LogP) is 3.16. The van der Waals surface area contributed by atoms with Crippen molar-refractivity contribution in [3.63, 3.8) is 0 Å². The van der Waals surface area contributed by atoms with Gasteiger partial charge in [-0.1, -0.05) is 6.07 Å². The summed E-state index contributed by atoms with van der Waals surface area (Å²) in [5, 5.41) is 2.98. The number of ether oxygens (including phenoxy) is 2. The van der Waals surface area contributed by atoms with Crippen molar-refractivity contribution in [3.8, 4) is 11.5 Å². The first-order valence-corrected chi connectivity index (χ1v) is 7.32. The number of para-hydroxylation sites is 1. The maximum absolute atomic E-state index is 12.5. The second-order valence-corrected chi connectivity index (χ2v) is 5.39. The highest BCUT2D eigenvalue weighted by molar-refractivity contribution is 5.98. The molecule has 3 rings (SSSR count). The van der Waals surface area contributed by atoms with Crippen LogP contribution < -0.4 is 14.8 Å². The number of hydrogen-bond acceptors (Lipinski definition) is 4. The third-order valence-electron chi connectivity index (χ3n) is 3.70. The molecule has 116 valence electrons. The van der Waals surface area contributed by atoms with Gasteiger partial charge in [-0.05, 0) is 39.0 Å². The second-order valence-electron chi connectivity index (χ2n) is 5.39. The highest BCUT2D eigenvalue weighted by Gasteiger charge is 2.22. The molecule has 2 heterocycles. The first-order chi connectivity index (χ1) is 10.6. The van der Waals surface area contributed by atoms with Crippen LogP contribution in [0.25, 0.3) is 0 Å². The Morgan fingerprint density at radius 2 is 2.00 bits per heavy atom. The summed E-state index contributed by atoms with van der Waals surface area (Å²) in [5.41, 5.74) is 1.47. The van der Waals surface area contributed by atoms with E-state index < -0.39 is 0 Å². The highest BCUT2D eigenvalue weighted by Crippen LogP contribution is 2.34. The van der Waals surface area contributed by atoms with Gasteiger partial charge in [0, 0.05) is 5.56 Å². The SMILES string of the molecule is Cc1cc([C@@H](C)NC(=O)c2cccc3c2OCCO3)c(C)o1. The lowest BCUT2D eigenvalue weighted by Crippen LogP contribution is -2.28. The van der Waals surface area contributed by atoms with E-state index in [1.54, 1.807) is 18.2 Å². The van der Waals surface area contributed by atoms with Gasteiger partial charge in [-0.2, -0.15) is 0 Å². The molecule has 5 nitrogen and oxygen atoms in total. The van der Waals surface area contributed by atoms with Crippen LogP contribution in [0.1, 0.15) is 40.4 Å². The Kier molecular flexibility index (Phi) is 3.79. The normalized spacial score (nSPS) is 14.5. The van der Waals surface area contributed by atoms with E-state index in [1.165, 1.54) is 0 Å². The van der Waals surface area contributed by atoms with E-state index in [-0.39, 0.29) is 11.9 Å². The topological polar surface area (TPSA) is 60.7 Å². The van der Waals surface area contributed by atoms with E-state index in [0.717, 1.165) is 17.1 Å². The summed E-state index contributed by atoms with van der Waals surface area (Å²) < 4.78 is 16.6. The zero-order valence-corrected chi connectivity index (χ0v) is 12.9.